The molecule has 2 unspecified atom stereocenters. The molecule has 0 spiro atoms. The zero-order chi connectivity index (χ0) is 23.2. The first-order valence-electron chi connectivity index (χ1n) is 9.87. The van der Waals surface area contributed by atoms with E-state index in [1.165, 1.54) is 0 Å². The fourth-order valence-electron chi connectivity index (χ4n) is 2.86. The molecule has 0 saturated carbocycles. The van der Waals surface area contributed by atoms with Gasteiger partial charge in [-0.15, -0.1) is 0 Å². The van der Waals surface area contributed by atoms with Crippen LogP contribution < -0.4 is 19.7 Å². The smallest absolute Gasteiger partial charge is 0.414 e. The summed E-state index contributed by atoms with van der Waals surface area (Å²) in [6.07, 6.45) is 0. The van der Waals surface area contributed by atoms with Gasteiger partial charge in [0.15, 0.2) is 0 Å². The molecule has 0 aliphatic carbocycles. The molecule has 0 fully saturated rings. The molecule has 2 atom stereocenters. The monoisotopic (exact) mass is 478 g/mol. The van der Waals surface area contributed by atoms with Gasteiger partial charge in [0.25, 0.3) is 0 Å². The summed E-state index contributed by atoms with van der Waals surface area (Å²) in [4.78, 5) is 0. The average Bonchev–Trinajstić information content (AvgIpc) is 2.76. The van der Waals surface area contributed by atoms with Crippen molar-refractivity contribution in [1.82, 2.24) is 0 Å². The molecular weight excluding hydrogens is 454 g/mol. The molecule has 0 saturated heterocycles. The maximum Gasteiger partial charge on any atom is 0.414 e. The summed E-state index contributed by atoms with van der Waals surface area (Å²) in [6.45, 7) is 3.26. The Hall–Kier alpha value is -2.76. The summed E-state index contributed by atoms with van der Waals surface area (Å²) in [7, 11) is -8.19. The van der Waals surface area contributed by atoms with Gasteiger partial charge in [0.1, 0.15) is 33.6 Å². The van der Waals surface area contributed by atoms with E-state index in [1.54, 1.807) is 74.5 Å². The Labute approximate surface area is 186 Å². The predicted molar refractivity (Wildman–Crippen MR) is 122 cm³/mol. The first-order valence-corrected chi connectivity index (χ1v) is 13.0. The highest BCUT2D eigenvalue weighted by molar-refractivity contribution is 7.63. The number of benzene rings is 3. The fourth-order valence-corrected chi connectivity index (χ4v) is 6.17. The Balaban J connectivity index is 2.05. The van der Waals surface area contributed by atoms with E-state index in [0.717, 1.165) is 12.1 Å². The van der Waals surface area contributed by atoms with Crippen molar-refractivity contribution in [3.05, 3.63) is 72.8 Å². The third-order valence-electron chi connectivity index (χ3n) is 4.20. The number of rotatable bonds is 10. The highest BCUT2D eigenvalue weighted by Gasteiger charge is 2.38. The molecule has 10 heteroatoms. The lowest BCUT2D eigenvalue weighted by Crippen LogP contribution is -2.19. The first kappa shape index (κ1) is 23.9. The van der Waals surface area contributed by atoms with Crippen LogP contribution in [0.3, 0.4) is 0 Å². The summed E-state index contributed by atoms with van der Waals surface area (Å²) >= 11 is 0. The largest absolute Gasteiger partial charge is 0.507 e. The molecule has 3 aromatic rings. The SMILES string of the molecule is CCOP(=O)(Oc1ccccc1)c1cc(O)c(P(=O)(OCC)Oc2ccccc2)cc1O. The van der Waals surface area contributed by atoms with Crippen molar-refractivity contribution in [2.75, 3.05) is 13.2 Å². The molecule has 0 aliphatic rings. The summed E-state index contributed by atoms with van der Waals surface area (Å²) in [5, 5.41) is 20.8. The maximum absolute atomic E-state index is 13.5. The molecule has 8 nitrogen and oxygen atoms in total. The predicted octanol–water partition coefficient (Wildman–Crippen LogP) is 4.97. The third kappa shape index (κ3) is 5.34. The van der Waals surface area contributed by atoms with E-state index in [4.69, 9.17) is 18.1 Å². The van der Waals surface area contributed by atoms with Crippen molar-refractivity contribution < 1.29 is 37.4 Å². The average molecular weight is 478 g/mol. The molecule has 3 rings (SSSR count). The lowest BCUT2D eigenvalue weighted by Gasteiger charge is -2.23. The number of aromatic hydroxyl groups is 2. The van der Waals surface area contributed by atoms with Gasteiger partial charge in [-0.05, 0) is 38.1 Å². The van der Waals surface area contributed by atoms with Crippen LogP contribution in [0, 0.1) is 0 Å². The Bertz CT molecular complexity index is 1040. The van der Waals surface area contributed by atoms with Crippen LogP contribution in [0.15, 0.2) is 72.8 Å². The second-order valence-electron chi connectivity index (χ2n) is 6.47. The number of phenolic OH excluding ortho intramolecular Hbond substituents is 2. The molecule has 3 aromatic carbocycles. The van der Waals surface area contributed by atoms with Crippen LogP contribution in [-0.4, -0.2) is 23.4 Å². The van der Waals surface area contributed by atoms with Gasteiger partial charge in [0, 0.05) is 12.1 Å². The second kappa shape index (κ2) is 10.2. The molecule has 2 N–H and O–H groups in total. The van der Waals surface area contributed by atoms with Gasteiger partial charge in [-0.2, -0.15) is 0 Å². The maximum atomic E-state index is 13.5. The Morgan fingerprint density at radius 1 is 0.656 bits per heavy atom. The molecule has 0 aromatic heterocycles. The Morgan fingerprint density at radius 2 is 1.00 bits per heavy atom. The second-order valence-corrected chi connectivity index (χ2v) is 10.3. The minimum Gasteiger partial charge on any atom is -0.507 e. The van der Waals surface area contributed by atoms with E-state index in [2.05, 4.69) is 0 Å². The topological polar surface area (TPSA) is 112 Å². The minimum absolute atomic E-state index is 0.0145. The van der Waals surface area contributed by atoms with Gasteiger partial charge in [0.05, 0.1) is 13.2 Å². The van der Waals surface area contributed by atoms with Gasteiger partial charge < -0.3 is 19.3 Å². The van der Waals surface area contributed by atoms with E-state index in [1.807, 2.05) is 0 Å². The third-order valence-corrected chi connectivity index (χ3v) is 8.19. The zero-order valence-electron chi connectivity index (χ0n) is 17.6. The quantitative estimate of drug-likeness (QED) is 0.311. The summed E-state index contributed by atoms with van der Waals surface area (Å²) in [5.74, 6) is -0.608. The molecule has 32 heavy (non-hydrogen) atoms. The van der Waals surface area contributed by atoms with Crippen LogP contribution in [0.25, 0.3) is 0 Å². The van der Waals surface area contributed by atoms with Gasteiger partial charge in [-0.3, -0.25) is 9.05 Å². The molecule has 0 radical (unpaired) electrons. The van der Waals surface area contributed by atoms with Crippen LogP contribution in [0.2, 0.25) is 0 Å². The number of hydrogen-bond donors (Lipinski definition) is 2. The Kier molecular flexibility index (Phi) is 7.64. The van der Waals surface area contributed by atoms with E-state index >= 15 is 0 Å². The number of phenols is 2. The van der Waals surface area contributed by atoms with E-state index in [9.17, 15) is 19.3 Å². The van der Waals surface area contributed by atoms with Gasteiger partial charge in [-0.1, -0.05) is 36.4 Å². The molecule has 0 aliphatic heterocycles. The molecule has 0 heterocycles. The minimum atomic E-state index is -4.09. The lowest BCUT2D eigenvalue weighted by atomic mass is 10.3. The van der Waals surface area contributed by atoms with Crippen LogP contribution >= 0.6 is 15.2 Å². The van der Waals surface area contributed by atoms with Crippen LogP contribution in [0.4, 0.5) is 0 Å². The van der Waals surface area contributed by atoms with E-state index < -0.39 is 26.7 Å². The van der Waals surface area contributed by atoms with Crippen molar-refractivity contribution in [2.24, 2.45) is 0 Å². The fraction of sp³-hybridized carbons (Fsp3) is 0.182. The van der Waals surface area contributed by atoms with Crippen LogP contribution in [0.5, 0.6) is 23.0 Å². The highest BCUT2D eigenvalue weighted by Crippen LogP contribution is 2.53. The Morgan fingerprint density at radius 3 is 1.31 bits per heavy atom. The lowest BCUT2D eigenvalue weighted by molar-refractivity contribution is 0.286. The van der Waals surface area contributed by atoms with Crippen molar-refractivity contribution in [3.8, 4) is 23.0 Å². The number of hydrogen-bond acceptors (Lipinski definition) is 8. The summed E-state index contributed by atoms with van der Waals surface area (Å²) < 4.78 is 48.8. The molecular formula is C22H24O8P2. The summed E-state index contributed by atoms with van der Waals surface area (Å²) in [6, 6.07) is 18.5. The van der Waals surface area contributed by atoms with Crippen LogP contribution in [-0.2, 0) is 18.2 Å². The number of para-hydroxylation sites is 2. The first-order chi connectivity index (χ1) is 15.3. The van der Waals surface area contributed by atoms with E-state index in [-0.39, 0.29) is 35.3 Å². The van der Waals surface area contributed by atoms with Crippen molar-refractivity contribution in [3.63, 3.8) is 0 Å². The van der Waals surface area contributed by atoms with Gasteiger partial charge >= 0.3 is 15.2 Å². The molecule has 0 bridgehead atoms. The van der Waals surface area contributed by atoms with Crippen molar-refractivity contribution >= 4 is 25.8 Å². The van der Waals surface area contributed by atoms with Crippen molar-refractivity contribution in [1.29, 1.82) is 0 Å². The highest BCUT2D eigenvalue weighted by atomic mass is 31.2. The van der Waals surface area contributed by atoms with Crippen LogP contribution in [0.1, 0.15) is 13.8 Å². The standard InChI is InChI=1S/C22H24O8P2/c1-3-27-31(25,29-17-11-7-5-8-12-17)21-15-20(24)22(16-19(21)23)32(26,28-4-2)30-18-13-9-6-10-14-18/h5-16,23-24H,3-4H2,1-2H3. The van der Waals surface area contributed by atoms with Gasteiger partial charge in [0.2, 0.25) is 0 Å². The molecule has 170 valence electrons. The zero-order valence-corrected chi connectivity index (χ0v) is 19.4. The van der Waals surface area contributed by atoms with Crippen molar-refractivity contribution in [2.45, 2.75) is 13.8 Å². The molecule has 0 amide bonds. The normalized spacial score (nSPS) is 14.8. The van der Waals surface area contributed by atoms with Gasteiger partial charge in [-0.25, -0.2) is 9.13 Å². The van der Waals surface area contributed by atoms with E-state index in [0.29, 0.717) is 0 Å². The summed E-state index contributed by atoms with van der Waals surface area (Å²) in [5.41, 5.74) is 0.